The molecule has 0 saturated carbocycles. The van der Waals surface area contributed by atoms with Crippen LogP contribution in [0.4, 0.5) is 8.78 Å². The van der Waals surface area contributed by atoms with Gasteiger partial charge in [-0.05, 0) is 17.7 Å². The number of hydrogen-bond acceptors (Lipinski definition) is 2. The monoisotopic (exact) mass is 270 g/mol. The van der Waals surface area contributed by atoms with E-state index in [9.17, 15) is 8.78 Å². The molecule has 0 spiro atoms. The molecule has 100 valence electrons. The molecule has 2 aromatic carbocycles. The normalized spacial score (nSPS) is 12.6. The number of para-hydroxylation sites is 1. The number of benzene rings is 2. The minimum atomic E-state index is -0.686. The van der Waals surface area contributed by atoms with Crippen molar-refractivity contribution in [3.05, 3.63) is 77.5 Å². The molecular formula is C16H12F2N2. The maximum absolute atomic E-state index is 13.8. The number of halogens is 2. The van der Waals surface area contributed by atoms with Gasteiger partial charge in [0.2, 0.25) is 0 Å². The summed E-state index contributed by atoms with van der Waals surface area (Å²) in [6, 6.07) is 12.1. The minimum Gasteiger partial charge on any atom is -0.320 e. The van der Waals surface area contributed by atoms with Gasteiger partial charge in [-0.2, -0.15) is 0 Å². The number of rotatable bonds is 2. The Morgan fingerprint density at radius 3 is 2.55 bits per heavy atom. The van der Waals surface area contributed by atoms with Gasteiger partial charge in [0.05, 0.1) is 11.6 Å². The van der Waals surface area contributed by atoms with Crippen LogP contribution in [0.1, 0.15) is 17.2 Å². The Bertz CT molecular complexity index is 766. The van der Waals surface area contributed by atoms with Crippen molar-refractivity contribution in [2.75, 3.05) is 0 Å². The van der Waals surface area contributed by atoms with Crippen molar-refractivity contribution >= 4 is 10.9 Å². The Kier molecular flexibility index (Phi) is 3.16. The Hall–Kier alpha value is -2.33. The van der Waals surface area contributed by atoms with Crippen molar-refractivity contribution in [1.29, 1.82) is 0 Å². The highest BCUT2D eigenvalue weighted by molar-refractivity contribution is 5.82. The first-order valence-corrected chi connectivity index (χ1v) is 6.21. The third-order valence-electron chi connectivity index (χ3n) is 3.30. The average Bonchev–Trinajstić information content (AvgIpc) is 2.46. The molecule has 1 unspecified atom stereocenters. The number of hydrogen-bond donors (Lipinski definition) is 1. The first-order chi connectivity index (χ1) is 9.66. The molecule has 0 aliphatic rings. The Labute approximate surface area is 114 Å². The van der Waals surface area contributed by atoms with Crippen molar-refractivity contribution in [3.63, 3.8) is 0 Å². The van der Waals surface area contributed by atoms with Crippen LogP contribution in [-0.2, 0) is 0 Å². The number of nitrogens with two attached hydrogens (primary N) is 1. The van der Waals surface area contributed by atoms with Crippen molar-refractivity contribution in [1.82, 2.24) is 4.98 Å². The SMILES string of the molecule is NC(c1ccc(F)cc1F)c1cccc2cccnc12. The van der Waals surface area contributed by atoms with Crippen LogP contribution in [0.15, 0.2) is 54.7 Å². The van der Waals surface area contributed by atoms with E-state index in [2.05, 4.69) is 4.98 Å². The van der Waals surface area contributed by atoms with E-state index in [0.29, 0.717) is 5.56 Å². The summed E-state index contributed by atoms with van der Waals surface area (Å²) in [6.45, 7) is 0. The van der Waals surface area contributed by atoms with Crippen LogP contribution in [0.2, 0.25) is 0 Å². The summed E-state index contributed by atoms with van der Waals surface area (Å²) in [4.78, 5) is 4.30. The fourth-order valence-electron chi connectivity index (χ4n) is 2.30. The topological polar surface area (TPSA) is 38.9 Å². The summed E-state index contributed by atoms with van der Waals surface area (Å²) >= 11 is 0. The maximum atomic E-state index is 13.8. The Balaban J connectivity index is 2.15. The van der Waals surface area contributed by atoms with Gasteiger partial charge < -0.3 is 5.73 Å². The predicted octanol–water partition coefficient (Wildman–Crippen LogP) is 3.56. The summed E-state index contributed by atoms with van der Waals surface area (Å²) in [5.74, 6) is -1.26. The smallest absolute Gasteiger partial charge is 0.131 e. The van der Waals surface area contributed by atoms with Crippen LogP contribution in [0, 0.1) is 11.6 Å². The second kappa shape index (κ2) is 4.98. The summed E-state index contributed by atoms with van der Waals surface area (Å²) < 4.78 is 26.8. The molecule has 1 aromatic heterocycles. The zero-order chi connectivity index (χ0) is 14.1. The number of fused-ring (bicyclic) bond motifs is 1. The van der Waals surface area contributed by atoms with Gasteiger partial charge in [0.1, 0.15) is 11.6 Å². The molecule has 2 N–H and O–H groups in total. The standard InChI is InChI=1S/C16H12F2N2/c17-11-6-7-12(14(18)9-11)15(19)13-5-1-3-10-4-2-8-20-16(10)13/h1-9,15H,19H2. The van der Waals surface area contributed by atoms with Gasteiger partial charge in [-0.15, -0.1) is 0 Å². The predicted molar refractivity (Wildman–Crippen MR) is 74.1 cm³/mol. The lowest BCUT2D eigenvalue weighted by Crippen LogP contribution is -2.14. The van der Waals surface area contributed by atoms with E-state index in [0.717, 1.165) is 17.0 Å². The molecule has 0 amide bonds. The summed E-state index contributed by atoms with van der Waals surface area (Å²) in [5.41, 5.74) is 7.83. The zero-order valence-corrected chi connectivity index (χ0v) is 10.6. The Morgan fingerprint density at radius 1 is 0.950 bits per heavy atom. The first-order valence-electron chi connectivity index (χ1n) is 6.21. The molecule has 1 atom stereocenters. The first kappa shape index (κ1) is 12.7. The molecule has 0 bridgehead atoms. The van der Waals surface area contributed by atoms with E-state index in [4.69, 9.17) is 5.73 Å². The molecular weight excluding hydrogens is 258 g/mol. The molecule has 0 aliphatic carbocycles. The average molecular weight is 270 g/mol. The van der Waals surface area contributed by atoms with Gasteiger partial charge in [-0.25, -0.2) is 8.78 Å². The molecule has 4 heteroatoms. The molecule has 0 fully saturated rings. The fraction of sp³-hybridized carbons (Fsp3) is 0.0625. The van der Waals surface area contributed by atoms with Gasteiger partial charge >= 0.3 is 0 Å². The second-order valence-corrected chi connectivity index (χ2v) is 4.57. The molecule has 1 heterocycles. The highest BCUT2D eigenvalue weighted by Crippen LogP contribution is 2.27. The summed E-state index contributed by atoms with van der Waals surface area (Å²) in [6.07, 6.45) is 1.67. The molecule has 3 rings (SSSR count). The quantitative estimate of drug-likeness (QED) is 0.773. The van der Waals surface area contributed by atoms with E-state index in [1.807, 2.05) is 30.3 Å². The highest BCUT2D eigenvalue weighted by Gasteiger charge is 2.16. The molecule has 0 aliphatic heterocycles. The van der Waals surface area contributed by atoms with Crippen LogP contribution in [0.3, 0.4) is 0 Å². The van der Waals surface area contributed by atoms with E-state index in [1.165, 1.54) is 12.1 Å². The summed E-state index contributed by atoms with van der Waals surface area (Å²) in [5, 5.41) is 0.933. The van der Waals surface area contributed by atoms with Crippen molar-refractivity contribution in [2.45, 2.75) is 6.04 Å². The van der Waals surface area contributed by atoms with Crippen LogP contribution in [0.5, 0.6) is 0 Å². The Morgan fingerprint density at radius 2 is 1.75 bits per heavy atom. The lowest BCUT2D eigenvalue weighted by atomic mass is 9.96. The van der Waals surface area contributed by atoms with Crippen molar-refractivity contribution in [2.24, 2.45) is 5.73 Å². The maximum Gasteiger partial charge on any atom is 0.131 e. The van der Waals surface area contributed by atoms with E-state index in [1.54, 1.807) is 6.20 Å². The number of nitrogens with zero attached hydrogens (tertiary/aromatic N) is 1. The zero-order valence-electron chi connectivity index (χ0n) is 10.6. The lowest BCUT2D eigenvalue weighted by molar-refractivity contribution is 0.566. The summed E-state index contributed by atoms with van der Waals surface area (Å²) in [7, 11) is 0. The minimum absolute atomic E-state index is 0.254. The van der Waals surface area contributed by atoms with Gasteiger partial charge in [-0.3, -0.25) is 4.98 Å². The van der Waals surface area contributed by atoms with Gasteiger partial charge in [0, 0.05) is 23.2 Å². The van der Waals surface area contributed by atoms with Crippen molar-refractivity contribution < 1.29 is 8.78 Å². The lowest BCUT2D eigenvalue weighted by Gasteiger charge is -2.15. The van der Waals surface area contributed by atoms with Gasteiger partial charge in [0.15, 0.2) is 0 Å². The van der Waals surface area contributed by atoms with E-state index in [-0.39, 0.29) is 5.56 Å². The third-order valence-corrected chi connectivity index (χ3v) is 3.30. The molecule has 3 aromatic rings. The van der Waals surface area contributed by atoms with Gasteiger partial charge in [0.25, 0.3) is 0 Å². The second-order valence-electron chi connectivity index (χ2n) is 4.57. The van der Waals surface area contributed by atoms with Crippen LogP contribution < -0.4 is 5.73 Å². The molecule has 20 heavy (non-hydrogen) atoms. The van der Waals surface area contributed by atoms with Gasteiger partial charge in [-0.1, -0.05) is 30.3 Å². The molecule has 0 saturated heterocycles. The number of aromatic nitrogens is 1. The van der Waals surface area contributed by atoms with E-state index < -0.39 is 17.7 Å². The largest absolute Gasteiger partial charge is 0.320 e. The van der Waals surface area contributed by atoms with E-state index >= 15 is 0 Å². The van der Waals surface area contributed by atoms with Crippen molar-refractivity contribution in [3.8, 4) is 0 Å². The molecule has 2 nitrogen and oxygen atoms in total. The molecule has 0 radical (unpaired) electrons. The third kappa shape index (κ3) is 2.14. The van der Waals surface area contributed by atoms with Crippen LogP contribution in [-0.4, -0.2) is 4.98 Å². The highest BCUT2D eigenvalue weighted by atomic mass is 19.1. The number of pyridine rings is 1. The fourth-order valence-corrected chi connectivity index (χ4v) is 2.30. The van der Waals surface area contributed by atoms with Crippen LogP contribution in [0.25, 0.3) is 10.9 Å². The van der Waals surface area contributed by atoms with Crippen LogP contribution >= 0.6 is 0 Å².